The van der Waals surface area contributed by atoms with Crippen LogP contribution in [-0.2, 0) is 11.8 Å². The van der Waals surface area contributed by atoms with Gasteiger partial charge in [0.25, 0.3) is 0 Å². The van der Waals surface area contributed by atoms with E-state index >= 15 is 0 Å². The van der Waals surface area contributed by atoms with Gasteiger partial charge in [0.15, 0.2) is 5.16 Å². The summed E-state index contributed by atoms with van der Waals surface area (Å²) in [4.78, 5) is 15.2. The molecule has 1 aromatic heterocycles. The molecule has 0 amide bonds. The average Bonchev–Trinajstić information content (AvgIpc) is 2.74. The molecule has 2 unspecified atom stereocenters. The lowest BCUT2D eigenvalue weighted by Crippen LogP contribution is -2.55. The Morgan fingerprint density at radius 3 is 2.45 bits per heavy atom. The first-order valence-electron chi connectivity index (χ1n) is 6.61. The molecule has 8 heteroatoms. The predicted molar refractivity (Wildman–Crippen MR) is 78.3 cm³/mol. The first kappa shape index (κ1) is 15.1. The number of carbonyl (C=O) groups is 1. The molecule has 2 heterocycles. The Bertz CT molecular complexity index is 480. The van der Waals surface area contributed by atoms with Crippen molar-refractivity contribution in [2.24, 2.45) is 7.05 Å². The van der Waals surface area contributed by atoms with E-state index in [1.807, 2.05) is 11.6 Å². The van der Waals surface area contributed by atoms with E-state index in [1.54, 1.807) is 0 Å². The molecule has 20 heavy (non-hydrogen) atoms. The standard InChI is InChI=1S/C12H21N5O2S/c1-8-5-17(6-9(2)15(8)3)11-13-14-12(16(11)4)20-7-10(18)19/h8-9H,5-7H2,1-4H3,(H,18,19). The summed E-state index contributed by atoms with van der Waals surface area (Å²) >= 11 is 1.19. The number of carboxylic acids is 1. The van der Waals surface area contributed by atoms with Gasteiger partial charge in [0.1, 0.15) is 0 Å². The minimum Gasteiger partial charge on any atom is -0.481 e. The Kier molecular flexibility index (Phi) is 4.54. The molecule has 0 spiro atoms. The van der Waals surface area contributed by atoms with Crippen LogP contribution in [0.4, 0.5) is 5.95 Å². The number of thioether (sulfide) groups is 1. The van der Waals surface area contributed by atoms with Crippen LogP contribution in [0.5, 0.6) is 0 Å². The van der Waals surface area contributed by atoms with Crippen LogP contribution in [0, 0.1) is 0 Å². The highest BCUT2D eigenvalue weighted by molar-refractivity contribution is 7.99. The molecule has 0 aromatic carbocycles. The molecule has 0 saturated carbocycles. The molecule has 1 N–H and O–H groups in total. The number of aromatic nitrogens is 3. The van der Waals surface area contributed by atoms with Crippen molar-refractivity contribution in [1.82, 2.24) is 19.7 Å². The summed E-state index contributed by atoms with van der Waals surface area (Å²) in [5, 5.41) is 17.7. The molecule has 0 bridgehead atoms. The first-order valence-corrected chi connectivity index (χ1v) is 7.59. The van der Waals surface area contributed by atoms with E-state index in [9.17, 15) is 4.79 Å². The molecule has 0 aliphatic carbocycles. The van der Waals surface area contributed by atoms with Crippen LogP contribution in [0.1, 0.15) is 13.8 Å². The summed E-state index contributed by atoms with van der Waals surface area (Å²) in [6.45, 7) is 6.19. The fourth-order valence-electron chi connectivity index (χ4n) is 2.40. The van der Waals surface area contributed by atoms with Crippen molar-refractivity contribution < 1.29 is 9.90 Å². The fourth-order valence-corrected chi connectivity index (χ4v) is 3.03. The lowest BCUT2D eigenvalue weighted by atomic mass is 10.1. The largest absolute Gasteiger partial charge is 0.481 e. The molecule has 1 aromatic rings. The van der Waals surface area contributed by atoms with Crippen molar-refractivity contribution >= 4 is 23.7 Å². The molecule has 2 atom stereocenters. The van der Waals surface area contributed by atoms with Gasteiger partial charge in [-0.05, 0) is 20.9 Å². The van der Waals surface area contributed by atoms with Crippen LogP contribution < -0.4 is 4.90 Å². The molecule has 112 valence electrons. The Labute approximate surface area is 123 Å². The highest BCUT2D eigenvalue weighted by Crippen LogP contribution is 2.23. The summed E-state index contributed by atoms with van der Waals surface area (Å²) in [6.07, 6.45) is 0. The Hall–Kier alpha value is -1.28. The zero-order valence-corrected chi connectivity index (χ0v) is 13.1. The van der Waals surface area contributed by atoms with Crippen molar-refractivity contribution in [3.63, 3.8) is 0 Å². The van der Waals surface area contributed by atoms with Gasteiger partial charge in [-0.2, -0.15) is 0 Å². The number of nitrogens with zero attached hydrogens (tertiary/aromatic N) is 5. The smallest absolute Gasteiger partial charge is 0.313 e. The fraction of sp³-hybridized carbons (Fsp3) is 0.750. The average molecular weight is 299 g/mol. The third kappa shape index (κ3) is 3.06. The zero-order chi connectivity index (χ0) is 14.9. The molecule has 1 fully saturated rings. The quantitative estimate of drug-likeness (QED) is 0.812. The van der Waals surface area contributed by atoms with Gasteiger partial charge in [0.05, 0.1) is 5.75 Å². The number of carboxylic acid groups (broad SMARTS) is 1. The van der Waals surface area contributed by atoms with Crippen molar-refractivity contribution in [3.05, 3.63) is 0 Å². The van der Waals surface area contributed by atoms with E-state index in [4.69, 9.17) is 5.11 Å². The number of likely N-dealkylation sites (N-methyl/N-ethyl adjacent to an activating group) is 1. The van der Waals surface area contributed by atoms with E-state index in [0.717, 1.165) is 19.0 Å². The minimum atomic E-state index is -0.846. The van der Waals surface area contributed by atoms with Gasteiger partial charge >= 0.3 is 5.97 Å². The topological polar surface area (TPSA) is 74.5 Å². The molecule has 2 rings (SSSR count). The van der Waals surface area contributed by atoms with Crippen LogP contribution >= 0.6 is 11.8 Å². The normalized spacial score (nSPS) is 24.1. The third-order valence-electron chi connectivity index (χ3n) is 3.78. The second-order valence-electron chi connectivity index (χ2n) is 5.29. The first-order chi connectivity index (χ1) is 9.40. The second-order valence-corrected chi connectivity index (χ2v) is 6.23. The molecular weight excluding hydrogens is 278 g/mol. The zero-order valence-electron chi connectivity index (χ0n) is 12.3. The second kappa shape index (κ2) is 6.01. The SMILES string of the molecule is CC1CN(c2nnc(SCC(=O)O)n2C)CC(C)N1C. The van der Waals surface area contributed by atoms with Gasteiger partial charge in [-0.1, -0.05) is 11.8 Å². The number of hydrogen-bond acceptors (Lipinski definition) is 6. The Balaban J connectivity index is 2.11. The maximum absolute atomic E-state index is 10.6. The van der Waals surface area contributed by atoms with Gasteiger partial charge in [0, 0.05) is 32.2 Å². The van der Waals surface area contributed by atoms with Crippen LogP contribution in [0.3, 0.4) is 0 Å². The third-order valence-corrected chi connectivity index (χ3v) is 4.78. The predicted octanol–water partition coefficient (Wildman–Crippen LogP) is 0.521. The molecule has 1 aliphatic rings. The van der Waals surface area contributed by atoms with E-state index in [2.05, 4.69) is 40.9 Å². The van der Waals surface area contributed by atoms with E-state index in [0.29, 0.717) is 17.2 Å². The lowest BCUT2D eigenvalue weighted by molar-refractivity contribution is -0.133. The highest BCUT2D eigenvalue weighted by atomic mass is 32.2. The van der Waals surface area contributed by atoms with Crippen LogP contribution in [0.2, 0.25) is 0 Å². The van der Waals surface area contributed by atoms with E-state index < -0.39 is 5.97 Å². The monoisotopic (exact) mass is 299 g/mol. The van der Waals surface area contributed by atoms with Gasteiger partial charge in [-0.3, -0.25) is 14.3 Å². The molecular formula is C12H21N5O2S. The maximum atomic E-state index is 10.6. The van der Waals surface area contributed by atoms with Crippen molar-refractivity contribution in [2.75, 3.05) is 30.8 Å². The summed E-state index contributed by atoms with van der Waals surface area (Å²) < 4.78 is 1.87. The van der Waals surface area contributed by atoms with E-state index in [1.165, 1.54) is 11.8 Å². The maximum Gasteiger partial charge on any atom is 0.313 e. The highest BCUT2D eigenvalue weighted by Gasteiger charge is 2.29. The van der Waals surface area contributed by atoms with Crippen LogP contribution in [0.15, 0.2) is 5.16 Å². The van der Waals surface area contributed by atoms with Gasteiger partial charge in [0.2, 0.25) is 5.95 Å². The number of piperazine rings is 1. The Morgan fingerprint density at radius 2 is 1.90 bits per heavy atom. The summed E-state index contributed by atoms with van der Waals surface area (Å²) in [7, 11) is 4.02. The summed E-state index contributed by atoms with van der Waals surface area (Å²) in [5.41, 5.74) is 0. The van der Waals surface area contributed by atoms with Gasteiger partial charge in [-0.25, -0.2) is 0 Å². The number of aliphatic carboxylic acids is 1. The lowest BCUT2D eigenvalue weighted by Gasteiger charge is -2.42. The van der Waals surface area contributed by atoms with Gasteiger partial charge in [-0.15, -0.1) is 10.2 Å². The minimum absolute atomic E-state index is 0.00150. The number of anilines is 1. The summed E-state index contributed by atoms with van der Waals surface area (Å²) in [5.74, 6) is -0.0345. The van der Waals surface area contributed by atoms with Crippen molar-refractivity contribution in [2.45, 2.75) is 31.1 Å². The number of rotatable bonds is 4. The van der Waals surface area contributed by atoms with Crippen LogP contribution in [-0.4, -0.2) is 68.7 Å². The van der Waals surface area contributed by atoms with Crippen LogP contribution in [0.25, 0.3) is 0 Å². The molecule has 0 radical (unpaired) electrons. The Morgan fingerprint density at radius 1 is 1.30 bits per heavy atom. The van der Waals surface area contributed by atoms with Crippen molar-refractivity contribution in [3.8, 4) is 0 Å². The summed E-state index contributed by atoms with van der Waals surface area (Å²) in [6, 6.07) is 0.899. The van der Waals surface area contributed by atoms with Gasteiger partial charge < -0.3 is 10.0 Å². The van der Waals surface area contributed by atoms with E-state index in [-0.39, 0.29) is 5.75 Å². The van der Waals surface area contributed by atoms with Crippen molar-refractivity contribution in [1.29, 1.82) is 0 Å². The molecule has 7 nitrogen and oxygen atoms in total. The molecule has 1 aliphatic heterocycles. The number of hydrogen-bond donors (Lipinski definition) is 1. The molecule has 1 saturated heterocycles.